The third-order valence-electron chi connectivity index (χ3n) is 3.43. The molecule has 3 heterocycles. The van der Waals surface area contributed by atoms with Gasteiger partial charge in [0.2, 0.25) is 0 Å². The molecule has 0 aliphatic carbocycles. The predicted octanol–water partition coefficient (Wildman–Crippen LogP) is 3.15. The maximum Gasteiger partial charge on any atom is 0.169 e. The number of hydrogen-bond donors (Lipinski definition) is 0. The first-order valence-electron chi connectivity index (χ1n) is 6.34. The molecule has 0 amide bonds. The Kier molecular flexibility index (Phi) is 2.51. The number of nitriles is 1. The number of nitrogens with zero attached hydrogens (tertiary/aromatic N) is 4. The molecule has 0 spiro atoms. The van der Waals surface area contributed by atoms with E-state index in [1.54, 1.807) is 17.8 Å². The Morgan fingerprint density at radius 1 is 1.15 bits per heavy atom. The second-order valence-corrected chi connectivity index (χ2v) is 5.83. The Morgan fingerprint density at radius 3 is 2.95 bits per heavy atom. The Hall–Kier alpha value is -2.32. The molecule has 4 nitrogen and oxygen atoms in total. The van der Waals surface area contributed by atoms with Crippen molar-refractivity contribution in [3.05, 3.63) is 53.9 Å². The summed E-state index contributed by atoms with van der Waals surface area (Å²) < 4.78 is 2.23. The highest BCUT2D eigenvalue weighted by molar-refractivity contribution is 7.99. The number of hydrogen-bond acceptors (Lipinski definition) is 4. The minimum absolute atomic E-state index is 0.232. The fraction of sp³-hybridized carbons (Fsp3) is 0.133. The first kappa shape index (κ1) is 11.5. The summed E-state index contributed by atoms with van der Waals surface area (Å²) in [5.74, 6) is 0. The Bertz CT molecular complexity index is 846. The summed E-state index contributed by atoms with van der Waals surface area (Å²) in [6, 6.07) is 15.9. The number of fused-ring (bicyclic) bond motifs is 3. The Labute approximate surface area is 120 Å². The van der Waals surface area contributed by atoms with Crippen LogP contribution in [0.25, 0.3) is 11.0 Å². The van der Waals surface area contributed by atoms with E-state index >= 15 is 0 Å². The van der Waals surface area contributed by atoms with Gasteiger partial charge < -0.3 is 4.57 Å². The smallest absolute Gasteiger partial charge is 0.169 e. The van der Waals surface area contributed by atoms with E-state index < -0.39 is 0 Å². The first-order chi connectivity index (χ1) is 9.85. The molecule has 0 radical (unpaired) electrons. The lowest BCUT2D eigenvalue weighted by Gasteiger charge is -2.07. The topological polar surface area (TPSA) is 54.5 Å². The van der Waals surface area contributed by atoms with Gasteiger partial charge in [-0.1, -0.05) is 30.0 Å². The van der Waals surface area contributed by atoms with Crippen LogP contribution in [-0.2, 0) is 6.54 Å². The summed E-state index contributed by atoms with van der Waals surface area (Å²) in [6.45, 7) is 0.850. The molecule has 20 heavy (non-hydrogen) atoms. The van der Waals surface area contributed by atoms with E-state index in [0.29, 0.717) is 5.69 Å². The fourth-order valence-electron chi connectivity index (χ4n) is 2.50. The fourth-order valence-corrected chi connectivity index (χ4v) is 3.68. The first-order valence-corrected chi connectivity index (χ1v) is 7.22. The van der Waals surface area contributed by atoms with Crippen LogP contribution in [0.5, 0.6) is 0 Å². The molecule has 96 valence electrons. The molecule has 1 aliphatic rings. The number of thioether (sulfide) groups is 1. The number of imidazole rings is 1. The molecule has 0 N–H and O–H groups in total. The number of para-hydroxylation sites is 2. The lowest BCUT2D eigenvalue weighted by molar-refractivity contribution is 0.674. The summed E-state index contributed by atoms with van der Waals surface area (Å²) in [7, 11) is 0. The average molecular weight is 278 g/mol. The van der Waals surface area contributed by atoms with Crippen molar-refractivity contribution in [1.82, 2.24) is 14.5 Å². The van der Waals surface area contributed by atoms with Gasteiger partial charge in [-0.2, -0.15) is 5.26 Å². The molecule has 1 aromatic carbocycles. The van der Waals surface area contributed by atoms with E-state index in [1.807, 2.05) is 30.3 Å². The van der Waals surface area contributed by atoms with Crippen molar-refractivity contribution in [2.75, 3.05) is 0 Å². The average Bonchev–Trinajstić information content (AvgIpc) is 3.05. The van der Waals surface area contributed by atoms with Crippen LogP contribution in [-0.4, -0.2) is 14.5 Å². The minimum Gasteiger partial charge on any atom is -0.317 e. The van der Waals surface area contributed by atoms with Crippen LogP contribution in [0.3, 0.4) is 0 Å². The van der Waals surface area contributed by atoms with Crippen molar-refractivity contribution in [1.29, 1.82) is 5.26 Å². The second kappa shape index (κ2) is 4.36. The van der Waals surface area contributed by atoms with Gasteiger partial charge in [0.05, 0.1) is 22.0 Å². The summed E-state index contributed by atoms with van der Waals surface area (Å²) >= 11 is 1.71. The van der Waals surface area contributed by atoms with Gasteiger partial charge in [0.15, 0.2) is 5.16 Å². The van der Waals surface area contributed by atoms with Crippen molar-refractivity contribution in [2.24, 2.45) is 0 Å². The van der Waals surface area contributed by atoms with Gasteiger partial charge in [0.25, 0.3) is 0 Å². The maximum absolute atomic E-state index is 8.94. The third-order valence-corrected chi connectivity index (χ3v) is 4.63. The highest BCUT2D eigenvalue weighted by atomic mass is 32.2. The van der Waals surface area contributed by atoms with Crippen LogP contribution < -0.4 is 0 Å². The van der Waals surface area contributed by atoms with Crippen LogP contribution in [0.15, 0.2) is 47.6 Å². The quantitative estimate of drug-likeness (QED) is 0.686. The van der Waals surface area contributed by atoms with Crippen LogP contribution in [0.4, 0.5) is 0 Å². The van der Waals surface area contributed by atoms with E-state index in [4.69, 9.17) is 5.26 Å². The van der Waals surface area contributed by atoms with E-state index in [-0.39, 0.29) is 5.25 Å². The second-order valence-electron chi connectivity index (χ2n) is 4.66. The molecule has 0 fully saturated rings. The van der Waals surface area contributed by atoms with E-state index in [9.17, 15) is 0 Å². The highest BCUT2D eigenvalue weighted by Gasteiger charge is 2.27. The Morgan fingerprint density at radius 2 is 2.05 bits per heavy atom. The zero-order valence-electron chi connectivity index (χ0n) is 10.5. The standard InChI is InChI=1S/C15H10N4S/c16-8-10-4-3-6-12(17-10)14-9-19-13-7-2-1-5-11(13)18-15(19)20-14/h1-7,14H,9H2. The maximum atomic E-state index is 8.94. The number of benzene rings is 1. The molecule has 5 heteroatoms. The van der Waals surface area contributed by atoms with E-state index in [0.717, 1.165) is 28.4 Å². The van der Waals surface area contributed by atoms with Crippen molar-refractivity contribution in [3.8, 4) is 6.07 Å². The van der Waals surface area contributed by atoms with Crippen LogP contribution in [0.1, 0.15) is 16.6 Å². The van der Waals surface area contributed by atoms with Crippen LogP contribution >= 0.6 is 11.8 Å². The lowest BCUT2D eigenvalue weighted by atomic mass is 10.2. The predicted molar refractivity (Wildman–Crippen MR) is 77.3 cm³/mol. The van der Waals surface area contributed by atoms with Crippen molar-refractivity contribution in [2.45, 2.75) is 17.0 Å². The van der Waals surface area contributed by atoms with Gasteiger partial charge in [0.1, 0.15) is 11.8 Å². The Balaban J connectivity index is 1.73. The van der Waals surface area contributed by atoms with Gasteiger partial charge in [-0.25, -0.2) is 9.97 Å². The zero-order valence-corrected chi connectivity index (χ0v) is 11.3. The summed E-state index contributed by atoms with van der Waals surface area (Å²) in [5, 5.41) is 10.2. The minimum atomic E-state index is 0.232. The molecule has 1 atom stereocenters. The number of rotatable bonds is 1. The molecule has 3 aromatic rings. The zero-order chi connectivity index (χ0) is 13.5. The molecule has 1 aliphatic heterocycles. The molecule has 0 saturated heterocycles. The van der Waals surface area contributed by atoms with Gasteiger partial charge in [-0.05, 0) is 24.3 Å². The third kappa shape index (κ3) is 1.69. The van der Waals surface area contributed by atoms with Crippen LogP contribution in [0, 0.1) is 11.3 Å². The summed E-state index contributed by atoms with van der Waals surface area (Å²) in [5.41, 5.74) is 3.61. The van der Waals surface area contributed by atoms with Gasteiger partial charge in [-0.15, -0.1) is 0 Å². The highest BCUT2D eigenvalue weighted by Crippen LogP contribution is 2.43. The normalized spacial score (nSPS) is 17.1. The monoisotopic (exact) mass is 278 g/mol. The van der Waals surface area contributed by atoms with Crippen molar-refractivity contribution in [3.63, 3.8) is 0 Å². The SMILES string of the molecule is N#Cc1cccc(C2Cn3c(nc4ccccc43)S2)n1. The molecule has 0 bridgehead atoms. The summed E-state index contributed by atoms with van der Waals surface area (Å²) in [6.07, 6.45) is 0. The number of pyridine rings is 1. The molecule has 4 rings (SSSR count). The summed E-state index contributed by atoms with van der Waals surface area (Å²) in [4.78, 5) is 9.04. The molecular formula is C15H10N4S. The van der Waals surface area contributed by atoms with E-state index in [2.05, 4.69) is 26.7 Å². The van der Waals surface area contributed by atoms with Gasteiger partial charge in [0, 0.05) is 6.54 Å². The molecule has 2 aromatic heterocycles. The van der Waals surface area contributed by atoms with Crippen molar-refractivity contribution >= 4 is 22.8 Å². The molecule has 1 unspecified atom stereocenters. The van der Waals surface area contributed by atoms with E-state index in [1.165, 1.54) is 0 Å². The van der Waals surface area contributed by atoms with Gasteiger partial charge in [-0.3, -0.25) is 0 Å². The lowest BCUT2D eigenvalue weighted by Crippen LogP contribution is -2.01. The van der Waals surface area contributed by atoms with Gasteiger partial charge >= 0.3 is 0 Å². The number of aromatic nitrogens is 3. The molecular weight excluding hydrogens is 268 g/mol. The van der Waals surface area contributed by atoms with Crippen LogP contribution in [0.2, 0.25) is 0 Å². The van der Waals surface area contributed by atoms with Crippen molar-refractivity contribution < 1.29 is 0 Å². The largest absolute Gasteiger partial charge is 0.317 e. The molecule has 0 saturated carbocycles.